The molecular weight excluding hydrogens is 350 g/mol. The fourth-order valence-corrected chi connectivity index (χ4v) is 3.08. The van der Waals surface area contributed by atoms with Gasteiger partial charge in [-0.3, -0.25) is 9.69 Å². The second-order valence-electron chi connectivity index (χ2n) is 7.16. The lowest BCUT2D eigenvalue weighted by molar-refractivity contribution is 0.0933. The highest BCUT2D eigenvalue weighted by Crippen LogP contribution is 2.13. The van der Waals surface area contributed by atoms with Crippen molar-refractivity contribution in [3.63, 3.8) is 0 Å². The molecule has 0 radical (unpaired) electrons. The number of nitrogens with one attached hydrogen (secondary N) is 1. The van der Waals surface area contributed by atoms with E-state index in [4.69, 9.17) is 0 Å². The van der Waals surface area contributed by atoms with Crippen molar-refractivity contribution in [1.29, 1.82) is 0 Å². The largest absolute Gasteiger partial charge is 0.353 e. The monoisotopic (exact) mass is 379 g/mol. The number of carbonyl (C=O) groups excluding carboxylic acids is 1. The van der Waals surface area contributed by atoms with E-state index in [0.717, 1.165) is 45.0 Å². The van der Waals surface area contributed by atoms with Gasteiger partial charge in [-0.1, -0.05) is 49.4 Å². The molecule has 6 nitrogen and oxygen atoms in total. The van der Waals surface area contributed by atoms with E-state index in [-0.39, 0.29) is 11.9 Å². The molecule has 1 N–H and O–H groups in total. The first-order valence-corrected chi connectivity index (χ1v) is 9.99. The van der Waals surface area contributed by atoms with E-state index in [2.05, 4.69) is 61.7 Å². The zero-order chi connectivity index (χ0) is 19.8. The Hall–Kier alpha value is -2.73. The fraction of sp³-hybridized carbons (Fsp3) is 0.409. The first kappa shape index (κ1) is 20.0. The number of rotatable bonds is 7. The summed E-state index contributed by atoms with van der Waals surface area (Å²) in [7, 11) is 0. The van der Waals surface area contributed by atoms with Crippen molar-refractivity contribution in [3.8, 4) is 0 Å². The average Bonchev–Trinajstić information content (AvgIpc) is 2.75. The third kappa shape index (κ3) is 5.63. The second kappa shape index (κ2) is 9.99. The summed E-state index contributed by atoms with van der Waals surface area (Å²) in [5.41, 5.74) is 1.60. The van der Waals surface area contributed by atoms with Crippen molar-refractivity contribution in [2.75, 3.05) is 37.6 Å². The molecule has 1 aliphatic heterocycles. The molecule has 2 aromatic rings. The van der Waals surface area contributed by atoms with Crippen LogP contribution in [-0.2, 0) is 0 Å². The number of hydrogen-bond acceptors (Lipinski definition) is 5. The molecule has 1 aromatic carbocycles. The molecular formula is C22H29N5O. The summed E-state index contributed by atoms with van der Waals surface area (Å²) in [4.78, 5) is 16.8. The molecule has 6 heteroatoms. The molecule has 148 valence electrons. The number of carbonyl (C=O) groups is 1. The smallest absolute Gasteiger partial charge is 0.272 e. The predicted molar refractivity (Wildman–Crippen MR) is 113 cm³/mol. The van der Waals surface area contributed by atoms with Crippen LogP contribution in [0, 0.1) is 0 Å². The van der Waals surface area contributed by atoms with Gasteiger partial charge in [-0.05, 0) is 31.0 Å². The van der Waals surface area contributed by atoms with Gasteiger partial charge in [-0.15, -0.1) is 10.2 Å². The Bertz CT molecular complexity index is 767. The summed E-state index contributed by atoms with van der Waals surface area (Å²) in [6, 6.07) is 14.2. The summed E-state index contributed by atoms with van der Waals surface area (Å²) >= 11 is 0. The highest BCUT2D eigenvalue weighted by atomic mass is 16.2. The highest BCUT2D eigenvalue weighted by Gasteiger charge is 2.18. The summed E-state index contributed by atoms with van der Waals surface area (Å²) in [5.74, 6) is 0.669. The minimum atomic E-state index is -0.163. The van der Waals surface area contributed by atoms with E-state index in [1.807, 2.05) is 26.0 Å². The molecule has 28 heavy (non-hydrogen) atoms. The van der Waals surface area contributed by atoms with Crippen molar-refractivity contribution in [2.24, 2.45) is 0 Å². The summed E-state index contributed by atoms with van der Waals surface area (Å²) in [6.45, 7) is 8.75. The maximum Gasteiger partial charge on any atom is 0.272 e. The van der Waals surface area contributed by atoms with Gasteiger partial charge >= 0.3 is 0 Å². The molecule has 0 aliphatic carbocycles. The maximum absolute atomic E-state index is 12.1. The third-order valence-electron chi connectivity index (χ3n) is 5.04. The van der Waals surface area contributed by atoms with Crippen LogP contribution in [0.5, 0.6) is 0 Å². The number of benzene rings is 1. The van der Waals surface area contributed by atoms with Gasteiger partial charge in [0.05, 0.1) is 0 Å². The molecule has 3 rings (SSSR count). The number of anilines is 1. The van der Waals surface area contributed by atoms with Gasteiger partial charge in [0.1, 0.15) is 0 Å². The van der Waals surface area contributed by atoms with Crippen molar-refractivity contribution in [3.05, 3.63) is 59.8 Å². The van der Waals surface area contributed by atoms with Crippen molar-refractivity contribution < 1.29 is 4.79 Å². The quantitative estimate of drug-likeness (QED) is 0.802. The Labute approximate surface area is 167 Å². The molecule has 1 aromatic heterocycles. The number of aromatic nitrogens is 2. The van der Waals surface area contributed by atoms with Crippen LogP contribution in [0.2, 0.25) is 0 Å². The van der Waals surface area contributed by atoms with Crippen LogP contribution in [-0.4, -0.2) is 59.8 Å². The molecule has 0 bridgehead atoms. The average molecular weight is 380 g/mol. The molecule has 1 saturated heterocycles. The maximum atomic E-state index is 12.1. The van der Waals surface area contributed by atoms with E-state index in [0.29, 0.717) is 5.69 Å². The van der Waals surface area contributed by atoms with E-state index in [9.17, 15) is 4.79 Å². The Morgan fingerprint density at radius 2 is 1.86 bits per heavy atom. The predicted octanol–water partition coefficient (Wildman–Crippen LogP) is 2.84. The van der Waals surface area contributed by atoms with E-state index < -0.39 is 0 Å². The summed E-state index contributed by atoms with van der Waals surface area (Å²) < 4.78 is 0. The first-order chi connectivity index (χ1) is 13.7. The van der Waals surface area contributed by atoms with E-state index in [1.165, 1.54) is 5.56 Å². The lowest BCUT2D eigenvalue weighted by Crippen LogP contribution is -2.46. The topological polar surface area (TPSA) is 61.4 Å². The molecule has 0 spiro atoms. The molecule has 1 atom stereocenters. The SMILES string of the molecule is CCC(C)NC(=O)c1ccc(N2CCN(C/C=C/c3ccccc3)CC2)nn1. The Balaban J connectivity index is 1.47. The van der Waals surface area contributed by atoms with Crippen LogP contribution in [0.25, 0.3) is 6.08 Å². The van der Waals surface area contributed by atoms with Gasteiger partial charge in [-0.2, -0.15) is 0 Å². The summed E-state index contributed by atoms with van der Waals surface area (Å²) in [6.07, 6.45) is 5.28. The number of piperazine rings is 1. The van der Waals surface area contributed by atoms with Crippen LogP contribution < -0.4 is 10.2 Å². The molecule has 1 aliphatic rings. The van der Waals surface area contributed by atoms with Crippen LogP contribution in [0.1, 0.15) is 36.3 Å². The number of amides is 1. The van der Waals surface area contributed by atoms with Crippen LogP contribution >= 0.6 is 0 Å². The normalized spacial score (nSPS) is 16.3. The molecule has 1 fully saturated rings. The van der Waals surface area contributed by atoms with Crippen molar-refractivity contribution in [1.82, 2.24) is 20.4 Å². The zero-order valence-corrected chi connectivity index (χ0v) is 16.7. The fourth-order valence-electron chi connectivity index (χ4n) is 3.08. The van der Waals surface area contributed by atoms with Crippen LogP contribution in [0.3, 0.4) is 0 Å². The minimum Gasteiger partial charge on any atom is -0.353 e. The minimum absolute atomic E-state index is 0.137. The highest BCUT2D eigenvalue weighted by molar-refractivity contribution is 5.92. The molecule has 2 heterocycles. The first-order valence-electron chi connectivity index (χ1n) is 9.99. The van der Waals surface area contributed by atoms with E-state index >= 15 is 0 Å². The van der Waals surface area contributed by atoms with Gasteiger partial charge in [-0.25, -0.2) is 0 Å². The Morgan fingerprint density at radius 1 is 1.11 bits per heavy atom. The van der Waals surface area contributed by atoms with Gasteiger partial charge in [0.2, 0.25) is 0 Å². The van der Waals surface area contributed by atoms with Crippen molar-refractivity contribution >= 4 is 17.8 Å². The lowest BCUT2D eigenvalue weighted by atomic mass is 10.2. The number of nitrogens with zero attached hydrogens (tertiary/aromatic N) is 4. The van der Waals surface area contributed by atoms with Gasteiger partial charge in [0.15, 0.2) is 11.5 Å². The lowest BCUT2D eigenvalue weighted by Gasteiger charge is -2.34. The standard InChI is InChI=1S/C22H29N5O/c1-3-18(2)23-22(28)20-11-12-21(25-24-20)27-16-14-26(15-17-27)13-7-10-19-8-5-4-6-9-19/h4-12,18H,3,13-17H2,1-2H3,(H,23,28)/b10-7+. The number of hydrogen-bond donors (Lipinski definition) is 1. The van der Waals surface area contributed by atoms with Crippen LogP contribution in [0.4, 0.5) is 5.82 Å². The van der Waals surface area contributed by atoms with Crippen LogP contribution in [0.15, 0.2) is 48.5 Å². The Kier molecular flexibility index (Phi) is 7.14. The van der Waals surface area contributed by atoms with Gasteiger partial charge < -0.3 is 10.2 Å². The Morgan fingerprint density at radius 3 is 2.50 bits per heavy atom. The van der Waals surface area contributed by atoms with Gasteiger partial charge in [0.25, 0.3) is 5.91 Å². The van der Waals surface area contributed by atoms with Crippen molar-refractivity contribution in [2.45, 2.75) is 26.3 Å². The summed E-state index contributed by atoms with van der Waals surface area (Å²) in [5, 5.41) is 11.3. The second-order valence-corrected chi connectivity index (χ2v) is 7.16. The molecule has 1 unspecified atom stereocenters. The third-order valence-corrected chi connectivity index (χ3v) is 5.04. The zero-order valence-electron chi connectivity index (χ0n) is 16.7. The molecule has 1 amide bonds. The van der Waals surface area contributed by atoms with Gasteiger partial charge in [0, 0.05) is 38.8 Å². The molecule has 0 saturated carbocycles. The van der Waals surface area contributed by atoms with E-state index in [1.54, 1.807) is 6.07 Å².